The van der Waals surface area contributed by atoms with Crippen molar-refractivity contribution >= 4 is 35.1 Å². The third-order valence-electron chi connectivity index (χ3n) is 3.11. The predicted molar refractivity (Wildman–Crippen MR) is 91.5 cm³/mol. The fourth-order valence-electron chi connectivity index (χ4n) is 2.02. The van der Waals surface area contributed by atoms with Crippen LogP contribution >= 0.6 is 11.8 Å². The number of aromatic nitrogens is 1. The lowest BCUT2D eigenvalue weighted by Gasteiger charge is -2.10. The van der Waals surface area contributed by atoms with Crippen molar-refractivity contribution in [3.05, 3.63) is 53.7 Å². The van der Waals surface area contributed by atoms with E-state index < -0.39 is 24.2 Å². The molecule has 1 aromatic heterocycles. The van der Waals surface area contributed by atoms with Crippen molar-refractivity contribution in [2.24, 2.45) is 0 Å². The van der Waals surface area contributed by atoms with Gasteiger partial charge >= 0.3 is 5.97 Å². The van der Waals surface area contributed by atoms with Gasteiger partial charge in [-0.2, -0.15) is 8.78 Å². The van der Waals surface area contributed by atoms with Crippen molar-refractivity contribution in [1.29, 1.82) is 0 Å². The van der Waals surface area contributed by atoms with Gasteiger partial charge in [-0.15, -0.1) is 0 Å². The van der Waals surface area contributed by atoms with Crippen LogP contribution in [-0.2, 0) is 9.53 Å². The highest BCUT2D eigenvalue weighted by atomic mass is 32.2. The highest BCUT2D eigenvalue weighted by Crippen LogP contribution is 2.26. The topological polar surface area (TPSA) is 85.4 Å². The summed E-state index contributed by atoms with van der Waals surface area (Å²) in [5.41, 5.74) is 0.446. The normalized spacial score (nSPS) is 10.5. The van der Waals surface area contributed by atoms with E-state index in [-0.39, 0.29) is 33.8 Å². The Morgan fingerprint density at radius 1 is 1.15 bits per heavy atom. The lowest BCUT2D eigenvalue weighted by Crippen LogP contribution is -2.22. The molecule has 0 radical (unpaired) electrons. The number of carbonyl (C=O) groups excluding carboxylic acids is 3. The Morgan fingerprint density at radius 3 is 2.54 bits per heavy atom. The quantitative estimate of drug-likeness (QED) is 0.450. The van der Waals surface area contributed by atoms with Crippen molar-refractivity contribution in [2.45, 2.75) is 17.7 Å². The summed E-state index contributed by atoms with van der Waals surface area (Å²) < 4.78 is 29.9. The van der Waals surface area contributed by atoms with Crippen LogP contribution in [0.15, 0.2) is 47.6 Å². The van der Waals surface area contributed by atoms with Crippen LogP contribution in [0.2, 0.25) is 0 Å². The Labute approximate surface area is 151 Å². The molecular weight excluding hydrogens is 366 g/mol. The van der Waals surface area contributed by atoms with E-state index in [0.717, 1.165) is 0 Å². The summed E-state index contributed by atoms with van der Waals surface area (Å²) in [6, 6.07) is 9.05. The standard InChI is InChI=1S/C17H14F2N2O4S/c1-10(22)11-5-2-3-7-13(11)21-14(23)9-25-16(24)12-6-4-8-20-15(12)26-17(18)19/h2-8,17H,9H2,1H3,(H,21,23). The highest BCUT2D eigenvalue weighted by molar-refractivity contribution is 7.99. The zero-order chi connectivity index (χ0) is 19.1. The maximum atomic E-state index is 12.5. The van der Waals surface area contributed by atoms with Gasteiger partial charge in [-0.25, -0.2) is 9.78 Å². The number of esters is 1. The predicted octanol–water partition coefficient (Wildman–Crippen LogP) is 3.39. The minimum Gasteiger partial charge on any atom is -0.452 e. The summed E-state index contributed by atoms with van der Waals surface area (Å²) in [7, 11) is 0. The third kappa shape index (κ3) is 5.35. The van der Waals surface area contributed by atoms with Crippen LogP contribution in [0.1, 0.15) is 27.6 Å². The molecule has 9 heteroatoms. The van der Waals surface area contributed by atoms with Crippen LogP contribution in [0.4, 0.5) is 14.5 Å². The first-order valence-corrected chi connectivity index (χ1v) is 8.23. The van der Waals surface area contributed by atoms with Crippen molar-refractivity contribution < 1.29 is 27.9 Å². The van der Waals surface area contributed by atoms with Gasteiger partial charge in [0.05, 0.1) is 11.3 Å². The molecule has 0 aliphatic carbocycles. The van der Waals surface area contributed by atoms with Gasteiger partial charge in [-0.05, 0) is 43.0 Å². The fourth-order valence-corrected chi connectivity index (χ4v) is 2.59. The summed E-state index contributed by atoms with van der Waals surface area (Å²) in [5.74, 6) is -4.60. The molecule has 0 spiro atoms. The number of thioether (sulfide) groups is 1. The molecule has 0 saturated heterocycles. The highest BCUT2D eigenvalue weighted by Gasteiger charge is 2.19. The van der Waals surface area contributed by atoms with Gasteiger partial charge < -0.3 is 10.1 Å². The van der Waals surface area contributed by atoms with Crippen LogP contribution in [0, 0.1) is 0 Å². The van der Waals surface area contributed by atoms with Gasteiger partial charge in [0, 0.05) is 11.8 Å². The molecule has 136 valence electrons. The van der Waals surface area contributed by atoms with Gasteiger partial charge in [0.1, 0.15) is 5.03 Å². The minimum atomic E-state index is -2.75. The molecule has 26 heavy (non-hydrogen) atoms. The Balaban J connectivity index is 2.00. The number of hydrogen-bond acceptors (Lipinski definition) is 6. The fraction of sp³-hybridized carbons (Fsp3) is 0.176. The van der Waals surface area contributed by atoms with Gasteiger partial charge in [0.25, 0.3) is 11.7 Å². The number of hydrogen-bond donors (Lipinski definition) is 1. The molecule has 1 N–H and O–H groups in total. The van der Waals surface area contributed by atoms with Crippen molar-refractivity contribution in [1.82, 2.24) is 4.98 Å². The van der Waals surface area contributed by atoms with Crippen LogP contribution in [-0.4, -0.2) is 35.0 Å². The summed E-state index contributed by atoms with van der Waals surface area (Å²) >= 11 is 0.112. The first-order valence-electron chi connectivity index (χ1n) is 7.35. The van der Waals surface area contributed by atoms with Crippen molar-refractivity contribution in [2.75, 3.05) is 11.9 Å². The second-order valence-corrected chi connectivity index (χ2v) is 5.94. The second-order valence-electron chi connectivity index (χ2n) is 4.96. The van der Waals surface area contributed by atoms with Gasteiger partial charge in [0.2, 0.25) is 0 Å². The first-order chi connectivity index (χ1) is 12.4. The molecular formula is C17H14F2N2O4S. The third-order valence-corrected chi connectivity index (χ3v) is 3.83. The van der Waals surface area contributed by atoms with Gasteiger partial charge in [0.15, 0.2) is 12.4 Å². The number of ether oxygens (including phenoxy) is 1. The molecule has 6 nitrogen and oxygen atoms in total. The average molecular weight is 380 g/mol. The SMILES string of the molecule is CC(=O)c1ccccc1NC(=O)COC(=O)c1cccnc1SC(F)F. The van der Waals surface area contributed by atoms with Gasteiger partial charge in [-0.1, -0.05) is 12.1 Å². The first kappa shape index (κ1) is 19.5. The summed E-state index contributed by atoms with van der Waals surface area (Å²) in [6.45, 7) is 0.717. The Hall–Kier alpha value is -2.81. The molecule has 0 unspecified atom stereocenters. The van der Waals surface area contributed by atoms with Crippen LogP contribution in [0.25, 0.3) is 0 Å². The van der Waals surface area contributed by atoms with E-state index in [4.69, 9.17) is 4.74 Å². The molecule has 0 bridgehead atoms. The van der Waals surface area contributed by atoms with Gasteiger partial charge in [-0.3, -0.25) is 9.59 Å². The molecule has 0 aliphatic heterocycles. The van der Waals surface area contributed by atoms with Crippen molar-refractivity contribution in [3.8, 4) is 0 Å². The molecule has 1 aromatic carbocycles. The lowest BCUT2D eigenvalue weighted by atomic mass is 10.1. The van der Waals surface area contributed by atoms with E-state index in [1.807, 2.05) is 0 Å². The van der Waals surface area contributed by atoms with Crippen LogP contribution in [0.3, 0.4) is 0 Å². The van der Waals surface area contributed by atoms with Crippen LogP contribution in [0.5, 0.6) is 0 Å². The van der Waals surface area contributed by atoms with E-state index in [9.17, 15) is 23.2 Å². The molecule has 2 rings (SSSR count). The number of halogens is 2. The summed E-state index contributed by atoms with van der Waals surface area (Å²) in [4.78, 5) is 39.2. The zero-order valence-corrected chi connectivity index (χ0v) is 14.4. The largest absolute Gasteiger partial charge is 0.452 e. The number of pyridine rings is 1. The minimum absolute atomic E-state index is 0.112. The van der Waals surface area contributed by atoms with E-state index >= 15 is 0 Å². The lowest BCUT2D eigenvalue weighted by molar-refractivity contribution is -0.119. The van der Waals surface area contributed by atoms with Crippen LogP contribution < -0.4 is 5.32 Å². The second kappa shape index (κ2) is 9.04. The Morgan fingerprint density at radius 2 is 1.85 bits per heavy atom. The number of ketones is 1. The maximum absolute atomic E-state index is 12.5. The summed E-state index contributed by atoms with van der Waals surface area (Å²) in [5, 5.41) is 2.28. The number of nitrogens with one attached hydrogen (secondary N) is 1. The Kier molecular flexibility index (Phi) is 6.79. The number of Topliss-reactive ketones (excluding diaryl/α,β-unsaturated/α-hetero) is 1. The molecule has 0 atom stereocenters. The van der Waals surface area contributed by atoms with Crippen molar-refractivity contribution in [3.63, 3.8) is 0 Å². The monoisotopic (exact) mass is 380 g/mol. The number of amides is 1. The smallest absolute Gasteiger partial charge is 0.341 e. The number of para-hydroxylation sites is 1. The zero-order valence-electron chi connectivity index (χ0n) is 13.6. The maximum Gasteiger partial charge on any atom is 0.341 e. The van der Waals surface area contributed by atoms with E-state index in [2.05, 4.69) is 10.3 Å². The number of nitrogens with zero attached hydrogens (tertiary/aromatic N) is 1. The Bertz CT molecular complexity index is 830. The number of benzene rings is 1. The number of rotatable bonds is 7. The molecule has 0 saturated carbocycles. The van der Waals surface area contributed by atoms with E-state index in [1.54, 1.807) is 18.2 Å². The number of alkyl halides is 2. The number of carbonyl (C=O) groups is 3. The molecule has 1 amide bonds. The molecule has 0 aliphatic rings. The average Bonchev–Trinajstić information content (AvgIpc) is 2.60. The van der Waals surface area contributed by atoms with E-state index in [0.29, 0.717) is 5.56 Å². The number of anilines is 1. The molecule has 1 heterocycles. The van der Waals surface area contributed by atoms with E-state index in [1.165, 1.54) is 31.3 Å². The molecule has 2 aromatic rings. The summed E-state index contributed by atoms with van der Waals surface area (Å²) in [6.07, 6.45) is 1.27. The molecule has 0 fully saturated rings.